The highest BCUT2D eigenvalue weighted by Gasteiger charge is 2.71. The first-order chi connectivity index (χ1) is 17.5. The molecule has 0 aromatic carbocycles. The predicted octanol–water partition coefficient (Wildman–Crippen LogP) is 3.37. The van der Waals surface area contributed by atoms with Crippen LogP contribution in [0.15, 0.2) is 24.8 Å². The fourth-order valence-electron chi connectivity index (χ4n) is 2.82. The van der Waals surface area contributed by atoms with Crippen LogP contribution in [0.5, 0.6) is 0 Å². The number of carbonyl (C=O) groups excluding carboxylic acids is 4. The zero-order chi connectivity index (χ0) is 31.0. The highest BCUT2D eigenvalue weighted by molar-refractivity contribution is 7.21. The van der Waals surface area contributed by atoms with Crippen LogP contribution >= 0.6 is 8.86 Å². The van der Waals surface area contributed by atoms with Crippen molar-refractivity contribution in [2.75, 3.05) is 33.0 Å². The van der Waals surface area contributed by atoms with Crippen molar-refractivity contribution in [3.63, 3.8) is 0 Å². The standard InChI is InChI=1S/C23H29F6O9P/c1-13(24)16(32)36-10-21(9-35-15(31)7-39,11-37-17(33)14(2)25)12-38-18(34)22(26,27)20(5,6)23(28,29)19(3,4)8-30/h7,30,39H,1-2,8-12H2,3-6H3. The first-order valence-electron chi connectivity index (χ1n) is 10.8. The molecule has 0 aliphatic heterocycles. The quantitative estimate of drug-likeness (QED) is 0.0942. The van der Waals surface area contributed by atoms with Gasteiger partial charge >= 0.3 is 29.8 Å². The van der Waals surface area contributed by atoms with Crippen LogP contribution in [0.2, 0.25) is 0 Å². The Morgan fingerprint density at radius 3 is 1.54 bits per heavy atom. The summed E-state index contributed by atoms with van der Waals surface area (Å²) >= 11 is 0. The van der Waals surface area contributed by atoms with E-state index >= 15 is 17.6 Å². The number of ether oxygens (including phenoxy) is 4. The lowest BCUT2D eigenvalue weighted by atomic mass is 9.68. The first kappa shape index (κ1) is 36.1. The number of hydrogen-bond acceptors (Lipinski definition) is 9. The van der Waals surface area contributed by atoms with Gasteiger partial charge in [0.2, 0.25) is 11.7 Å². The maximum absolute atomic E-state index is 15.1. The van der Waals surface area contributed by atoms with E-state index in [0.29, 0.717) is 19.6 Å². The normalized spacial score (nSPS) is 12.7. The van der Waals surface area contributed by atoms with Gasteiger partial charge in [0.25, 0.3) is 5.92 Å². The number of hydrogen-bond donors (Lipinski definition) is 1. The first-order valence-corrected chi connectivity index (χ1v) is 11.4. The molecule has 0 saturated heterocycles. The van der Waals surface area contributed by atoms with E-state index in [0.717, 1.165) is 13.8 Å². The van der Waals surface area contributed by atoms with Crippen molar-refractivity contribution in [2.24, 2.45) is 16.2 Å². The summed E-state index contributed by atoms with van der Waals surface area (Å²) in [5.41, 5.74) is -8.17. The fraction of sp³-hybridized carbons (Fsp3) is 0.609. The Hall–Kier alpha value is -2.93. The van der Waals surface area contributed by atoms with Crippen LogP contribution in [0.4, 0.5) is 26.3 Å². The van der Waals surface area contributed by atoms with Crippen LogP contribution in [0.3, 0.4) is 0 Å². The van der Waals surface area contributed by atoms with Gasteiger partial charge in [-0.15, -0.1) is 8.86 Å². The van der Waals surface area contributed by atoms with Gasteiger partial charge in [-0.2, -0.15) is 17.6 Å². The lowest BCUT2D eigenvalue weighted by molar-refractivity contribution is -0.274. The molecule has 0 aliphatic rings. The molecule has 0 bridgehead atoms. The van der Waals surface area contributed by atoms with E-state index < -0.39 is 96.7 Å². The zero-order valence-electron chi connectivity index (χ0n) is 21.5. The van der Waals surface area contributed by atoms with Crippen LogP contribution in [0.25, 0.3) is 0 Å². The minimum absolute atomic E-state index is 0.357. The van der Waals surface area contributed by atoms with Crippen molar-refractivity contribution in [1.82, 2.24) is 0 Å². The van der Waals surface area contributed by atoms with Crippen molar-refractivity contribution >= 4 is 38.5 Å². The molecule has 0 spiro atoms. The van der Waals surface area contributed by atoms with Crippen molar-refractivity contribution in [2.45, 2.75) is 39.5 Å². The molecule has 0 aliphatic carbocycles. The largest absolute Gasteiger partial charge is 0.461 e. The van der Waals surface area contributed by atoms with E-state index in [1.807, 2.05) is 0 Å². The minimum atomic E-state index is -4.94. The minimum Gasteiger partial charge on any atom is -0.461 e. The highest BCUT2D eigenvalue weighted by Crippen LogP contribution is 2.55. The topological polar surface area (TPSA) is 125 Å². The molecule has 16 heteroatoms. The van der Waals surface area contributed by atoms with Crippen LogP contribution < -0.4 is 0 Å². The lowest BCUT2D eigenvalue weighted by Gasteiger charge is -2.45. The van der Waals surface area contributed by atoms with Gasteiger partial charge in [0, 0.05) is 5.80 Å². The zero-order valence-corrected chi connectivity index (χ0v) is 22.5. The second-order valence-corrected chi connectivity index (χ2v) is 9.89. The molecule has 0 saturated carbocycles. The Morgan fingerprint density at radius 2 is 1.18 bits per heavy atom. The van der Waals surface area contributed by atoms with Crippen molar-refractivity contribution < 1.29 is 69.6 Å². The third-order valence-corrected chi connectivity index (χ3v) is 5.92. The average Bonchev–Trinajstić information content (AvgIpc) is 2.85. The molecule has 0 amide bonds. The van der Waals surface area contributed by atoms with Gasteiger partial charge in [-0.1, -0.05) is 27.0 Å². The summed E-state index contributed by atoms with van der Waals surface area (Å²) < 4.78 is 105. The van der Waals surface area contributed by atoms with E-state index in [1.165, 1.54) is 0 Å². The molecule has 0 rings (SSSR count). The molecular weight excluding hydrogens is 565 g/mol. The van der Waals surface area contributed by atoms with Gasteiger partial charge in [-0.25, -0.2) is 28.0 Å². The van der Waals surface area contributed by atoms with Crippen LogP contribution in [0.1, 0.15) is 27.7 Å². The second kappa shape index (κ2) is 13.4. The van der Waals surface area contributed by atoms with Crippen LogP contribution in [0, 0.1) is 16.2 Å². The summed E-state index contributed by atoms with van der Waals surface area (Å²) in [6.07, 6.45) is 0. The molecule has 9 nitrogen and oxygen atoms in total. The summed E-state index contributed by atoms with van der Waals surface area (Å²) in [6, 6.07) is 0. The molecule has 0 aromatic heterocycles. The Kier molecular flexibility index (Phi) is 12.4. The van der Waals surface area contributed by atoms with Gasteiger partial charge in [0.15, 0.2) is 0 Å². The van der Waals surface area contributed by atoms with E-state index in [-0.39, 0.29) is 0 Å². The lowest BCUT2D eigenvalue weighted by Crippen LogP contribution is -2.61. The maximum atomic E-state index is 15.1. The van der Waals surface area contributed by atoms with E-state index in [2.05, 4.69) is 36.2 Å². The van der Waals surface area contributed by atoms with Gasteiger partial charge in [-0.3, -0.25) is 0 Å². The number of esters is 4. The molecule has 0 fully saturated rings. The number of halogens is 6. The Bertz CT molecular complexity index is 965. The molecule has 0 radical (unpaired) electrons. The third kappa shape index (κ3) is 8.53. The smallest absolute Gasteiger partial charge is 0.377 e. The number of alkyl halides is 4. The van der Waals surface area contributed by atoms with Crippen molar-refractivity contribution in [3.05, 3.63) is 24.8 Å². The van der Waals surface area contributed by atoms with Gasteiger partial charge in [0.1, 0.15) is 37.3 Å². The maximum Gasteiger partial charge on any atom is 0.377 e. The average molecular weight is 594 g/mol. The van der Waals surface area contributed by atoms with Gasteiger partial charge in [-0.05, 0) is 13.8 Å². The van der Waals surface area contributed by atoms with Crippen molar-refractivity contribution in [1.29, 1.82) is 0 Å². The summed E-state index contributed by atoms with van der Waals surface area (Å²) in [7, 11) is 2.68. The molecule has 222 valence electrons. The summed E-state index contributed by atoms with van der Waals surface area (Å²) in [5.74, 6) is -19.0. The van der Waals surface area contributed by atoms with Crippen LogP contribution in [-0.2, 0) is 38.1 Å². The molecular formula is C23H29F6O9P. The number of aliphatic hydroxyl groups is 1. The van der Waals surface area contributed by atoms with E-state index in [1.54, 1.807) is 0 Å². The van der Waals surface area contributed by atoms with Crippen molar-refractivity contribution in [3.8, 4) is 0 Å². The summed E-state index contributed by atoms with van der Waals surface area (Å²) in [6.45, 7) is 1.65. The molecule has 39 heavy (non-hydrogen) atoms. The number of carbonyl (C=O) groups is 4. The molecule has 0 aromatic rings. The molecule has 1 N–H and O–H groups in total. The monoisotopic (exact) mass is 594 g/mol. The number of rotatable bonds is 16. The predicted molar refractivity (Wildman–Crippen MR) is 126 cm³/mol. The molecule has 0 atom stereocenters. The Balaban J connectivity index is 6.36. The number of aliphatic hydroxyl groups excluding tert-OH is 1. The summed E-state index contributed by atoms with van der Waals surface area (Å²) in [4.78, 5) is 47.2. The second-order valence-electron chi connectivity index (χ2n) is 9.61. The SMILES string of the molecule is C=C(F)C(=O)OCC(COC(=O)C=P)(COC(=O)C(=C)F)COC(=O)C(F)(F)C(C)(C)C(F)(F)C(C)(C)CO. The third-order valence-electron chi connectivity index (χ3n) is 5.68. The Morgan fingerprint density at radius 1 is 0.795 bits per heavy atom. The fourth-order valence-corrected chi connectivity index (χ4v) is 2.90. The van der Waals surface area contributed by atoms with Gasteiger partial charge < -0.3 is 24.1 Å². The molecule has 0 unspecified atom stereocenters. The van der Waals surface area contributed by atoms with E-state index in [4.69, 9.17) is 4.74 Å². The molecule has 0 heterocycles. The van der Waals surface area contributed by atoms with Gasteiger partial charge in [0.05, 0.1) is 12.0 Å². The Labute approximate surface area is 222 Å². The van der Waals surface area contributed by atoms with Crippen LogP contribution in [-0.4, -0.2) is 79.7 Å². The highest BCUT2D eigenvalue weighted by atomic mass is 31.0. The summed E-state index contributed by atoms with van der Waals surface area (Å²) in [5, 5.41) is 9.28. The van der Waals surface area contributed by atoms with E-state index in [9.17, 15) is 33.1 Å².